The fraction of sp³-hybridized carbons (Fsp3) is 0.600. The molecule has 0 saturated heterocycles. The Morgan fingerprint density at radius 2 is 2.19 bits per heavy atom. The van der Waals surface area contributed by atoms with Crippen LogP contribution in [0.2, 0.25) is 0 Å². The normalized spacial score (nSPS) is 22.5. The molecular formula is C20H33N. The fourth-order valence-corrected chi connectivity index (χ4v) is 2.75. The van der Waals surface area contributed by atoms with Crippen LogP contribution >= 0.6 is 0 Å². The molecule has 1 atom stereocenters. The maximum absolute atomic E-state index is 3.97. The molecule has 21 heavy (non-hydrogen) atoms. The van der Waals surface area contributed by atoms with Gasteiger partial charge in [-0.1, -0.05) is 49.3 Å². The van der Waals surface area contributed by atoms with E-state index in [4.69, 9.17) is 0 Å². The first-order valence-electron chi connectivity index (χ1n) is 8.49. The second-order valence-corrected chi connectivity index (χ2v) is 6.35. The van der Waals surface area contributed by atoms with Crippen LogP contribution in [0.15, 0.2) is 48.1 Å². The van der Waals surface area contributed by atoms with E-state index in [2.05, 4.69) is 62.8 Å². The summed E-state index contributed by atoms with van der Waals surface area (Å²) >= 11 is 0. The quantitative estimate of drug-likeness (QED) is 0.531. The van der Waals surface area contributed by atoms with Crippen LogP contribution in [0.5, 0.6) is 0 Å². The molecule has 1 unspecified atom stereocenters. The van der Waals surface area contributed by atoms with Gasteiger partial charge in [0, 0.05) is 13.1 Å². The summed E-state index contributed by atoms with van der Waals surface area (Å²) in [5.74, 6) is 0.632. The number of rotatable bonds is 8. The summed E-state index contributed by atoms with van der Waals surface area (Å²) in [7, 11) is 2.23. The minimum atomic E-state index is 0.632. The molecule has 0 saturated carbocycles. The highest BCUT2D eigenvalue weighted by Crippen LogP contribution is 2.15. The van der Waals surface area contributed by atoms with Gasteiger partial charge in [0.15, 0.2) is 0 Å². The zero-order chi connectivity index (χ0) is 15.5. The smallest absolute Gasteiger partial charge is 0.00413 e. The van der Waals surface area contributed by atoms with Crippen molar-refractivity contribution in [1.82, 2.24) is 4.90 Å². The highest BCUT2D eigenvalue weighted by molar-refractivity contribution is 5.26. The molecule has 1 aliphatic rings. The number of hydrogen-bond acceptors (Lipinski definition) is 1. The van der Waals surface area contributed by atoms with Crippen molar-refractivity contribution in [2.45, 2.75) is 52.4 Å². The molecule has 0 heterocycles. The van der Waals surface area contributed by atoms with E-state index < -0.39 is 0 Å². The molecule has 0 aliphatic heterocycles. The van der Waals surface area contributed by atoms with E-state index in [1.165, 1.54) is 43.3 Å². The average Bonchev–Trinajstić information content (AvgIpc) is 2.57. The second kappa shape index (κ2) is 10.6. The lowest BCUT2D eigenvalue weighted by Crippen LogP contribution is -2.26. The Labute approximate surface area is 132 Å². The molecular weight excluding hydrogens is 254 g/mol. The van der Waals surface area contributed by atoms with Crippen molar-refractivity contribution in [3.63, 3.8) is 0 Å². The Morgan fingerprint density at radius 1 is 1.38 bits per heavy atom. The Morgan fingerprint density at radius 3 is 2.90 bits per heavy atom. The van der Waals surface area contributed by atoms with Gasteiger partial charge in [-0.3, -0.25) is 0 Å². The molecule has 0 aromatic rings. The molecule has 0 amide bonds. The topological polar surface area (TPSA) is 3.24 Å². The lowest BCUT2D eigenvalue weighted by molar-refractivity contribution is 0.296. The van der Waals surface area contributed by atoms with Gasteiger partial charge in [0.05, 0.1) is 0 Å². The minimum Gasteiger partial charge on any atom is -0.305 e. The van der Waals surface area contributed by atoms with Gasteiger partial charge in [0.2, 0.25) is 0 Å². The molecule has 1 rings (SSSR count). The largest absolute Gasteiger partial charge is 0.305 e. The van der Waals surface area contributed by atoms with Gasteiger partial charge in [-0.15, -0.1) is 6.58 Å². The zero-order valence-electron chi connectivity index (χ0n) is 14.3. The van der Waals surface area contributed by atoms with Gasteiger partial charge in [0.25, 0.3) is 0 Å². The van der Waals surface area contributed by atoms with E-state index >= 15 is 0 Å². The summed E-state index contributed by atoms with van der Waals surface area (Å²) < 4.78 is 0. The van der Waals surface area contributed by atoms with Crippen LogP contribution in [0.3, 0.4) is 0 Å². The van der Waals surface area contributed by atoms with Gasteiger partial charge in [-0.05, 0) is 57.6 Å². The van der Waals surface area contributed by atoms with Crippen LogP contribution in [0, 0.1) is 5.92 Å². The zero-order valence-corrected chi connectivity index (χ0v) is 14.3. The van der Waals surface area contributed by atoms with Crippen LogP contribution in [0.25, 0.3) is 0 Å². The van der Waals surface area contributed by atoms with Crippen molar-refractivity contribution in [1.29, 1.82) is 0 Å². The van der Waals surface area contributed by atoms with E-state index in [1.807, 2.05) is 0 Å². The van der Waals surface area contributed by atoms with Crippen LogP contribution < -0.4 is 0 Å². The van der Waals surface area contributed by atoms with Crippen LogP contribution in [0.1, 0.15) is 52.4 Å². The van der Waals surface area contributed by atoms with Gasteiger partial charge in [-0.2, -0.15) is 0 Å². The Kier molecular flexibility index (Phi) is 9.09. The Bertz CT molecular complexity index is 387. The van der Waals surface area contributed by atoms with Gasteiger partial charge >= 0.3 is 0 Å². The summed E-state index contributed by atoms with van der Waals surface area (Å²) in [6, 6.07) is 0. The number of allylic oxidation sites excluding steroid dienone is 5. The van der Waals surface area contributed by atoms with Crippen molar-refractivity contribution in [3.8, 4) is 0 Å². The highest BCUT2D eigenvalue weighted by Gasteiger charge is 2.07. The van der Waals surface area contributed by atoms with Crippen LogP contribution in [0.4, 0.5) is 0 Å². The molecule has 0 spiro atoms. The lowest BCUT2D eigenvalue weighted by atomic mass is 10.0. The molecule has 118 valence electrons. The SMILES string of the molecule is C=CC(CCC)CN(C)CC/C1=C/C=C(/C)CCCC=C1. The molecule has 0 bridgehead atoms. The third kappa shape index (κ3) is 8.06. The standard InChI is InChI=1S/C20H33N/c1-5-10-19(6-2)17-21(4)16-15-20-12-9-7-8-11-18(3)13-14-20/h6,9,12-14,19H,2,5,7-8,10-11,15-17H2,1,3-4H3/b12-9?,18-13-,20-14+. The molecule has 0 radical (unpaired) electrons. The first kappa shape index (κ1) is 18.0. The maximum Gasteiger partial charge on any atom is 0.00413 e. The van der Waals surface area contributed by atoms with E-state index in [-0.39, 0.29) is 0 Å². The van der Waals surface area contributed by atoms with E-state index in [0.717, 1.165) is 19.5 Å². The van der Waals surface area contributed by atoms with Crippen molar-refractivity contribution in [2.75, 3.05) is 20.1 Å². The lowest BCUT2D eigenvalue weighted by Gasteiger charge is -2.21. The van der Waals surface area contributed by atoms with Gasteiger partial charge < -0.3 is 4.90 Å². The molecule has 0 fully saturated rings. The summed E-state index contributed by atoms with van der Waals surface area (Å²) in [6.07, 6.45) is 18.7. The van der Waals surface area contributed by atoms with Crippen molar-refractivity contribution in [2.24, 2.45) is 5.92 Å². The molecule has 1 heteroatoms. The average molecular weight is 287 g/mol. The van der Waals surface area contributed by atoms with Gasteiger partial charge in [0.1, 0.15) is 0 Å². The van der Waals surface area contributed by atoms with Crippen molar-refractivity contribution < 1.29 is 0 Å². The van der Waals surface area contributed by atoms with Crippen molar-refractivity contribution >= 4 is 0 Å². The third-order valence-electron chi connectivity index (χ3n) is 4.18. The molecule has 0 N–H and O–H groups in total. The van der Waals surface area contributed by atoms with E-state index in [1.54, 1.807) is 0 Å². The number of hydrogen-bond donors (Lipinski definition) is 0. The predicted molar refractivity (Wildman–Crippen MR) is 95.5 cm³/mol. The van der Waals surface area contributed by atoms with Crippen molar-refractivity contribution in [3.05, 3.63) is 48.1 Å². The monoisotopic (exact) mass is 287 g/mol. The first-order chi connectivity index (χ1) is 10.2. The summed E-state index contributed by atoms with van der Waals surface area (Å²) in [4.78, 5) is 2.44. The van der Waals surface area contributed by atoms with Crippen LogP contribution in [-0.2, 0) is 0 Å². The molecule has 1 aliphatic carbocycles. The first-order valence-corrected chi connectivity index (χ1v) is 8.49. The summed E-state index contributed by atoms with van der Waals surface area (Å²) in [6.45, 7) is 10.7. The molecule has 0 aromatic heterocycles. The van der Waals surface area contributed by atoms with E-state index in [9.17, 15) is 0 Å². The Balaban J connectivity index is 2.47. The Hall–Kier alpha value is -1.08. The third-order valence-corrected chi connectivity index (χ3v) is 4.18. The van der Waals surface area contributed by atoms with E-state index in [0.29, 0.717) is 5.92 Å². The fourth-order valence-electron chi connectivity index (χ4n) is 2.75. The summed E-state index contributed by atoms with van der Waals surface area (Å²) in [5.41, 5.74) is 2.95. The second-order valence-electron chi connectivity index (χ2n) is 6.35. The summed E-state index contributed by atoms with van der Waals surface area (Å²) in [5, 5.41) is 0. The molecule has 1 nitrogen and oxygen atoms in total. The van der Waals surface area contributed by atoms with Gasteiger partial charge in [-0.25, -0.2) is 0 Å². The maximum atomic E-state index is 3.97. The molecule has 0 aromatic carbocycles. The van der Waals surface area contributed by atoms with Crippen LogP contribution in [-0.4, -0.2) is 25.0 Å². The number of nitrogens with zero attached hydrogens (tertiary/aromatic N) is 1. The minimum absolute atomic E-state index is 0.632. The predicted octanol–water partition coefficient (Wildman–Crippen LogP) is 5.52. The highest BCUT2D eigenvalue weighted by atomic mass is 15.1.